The highest BCUT2D eigenvalue weighted by molar-refractivity contribution is 6.04. The molecule has 1 aromatic carbocycles. The molecule has 1 heterocycles. The number of anilines is 1. The fourth-order valence-corrected chi connectivity index (χ4v) is 4.70. The van der Waals surface area contributed by atoms with Crippen molar-refractivity contribution in [2.75, 3.05) is 26.2 Å². The third-order valence-corrected chi connectivity index (χ3v) is 6.89. The van der Waals surface area contributed by atoms with Crippen molar-refractivity contribution in [2.45, 2.75) is 58.8 Å². The van der Waals surface area contributed by atoms with Crippen LogP contribution in [0.4, 0.5) is 20.6 Å². The van der Waals surface area contributed by atoms with Gasteiger partial charge in [-0.25, -0.2) is 9.18 Å². The van der Waals surface area contributed by atoms with E-state index in [-0.39, 0.29) is 58.6 Å². The van der Waals surface area contributed by atoms with Gasteiger partial charge in [0.2, 0.25) is 0 Å². The van der Waals surface area contributed by atoms with Gasteiger partial charge in [0.25, 0.3) is 5.91 Å². The first-order valence-corrected chi connectivity index (χ1v) is 13.4. The van der Waals surface area contributed by atoms with Crippen molar-refractivity contribution in [1.82, 2.24) is 0 Å². The van der Waals surface area contributed by atoms with Crippen LogP contribution in [0.15, 0.2) is 46.5 Å². The van der Waals surface area contributed by atoms with Crippen molar-refractivity contribution in [3.05, 3.63) is 47.1 Å². The summed E-state index contributed by atoms with van der Waals surface area (Å²) in [6.07, 6.45) is 3.82. The highest BCUT2D eigenvalue weighted by Crippen LogP contribution is 2.44. The largest absolute Gasteiger partial charge is 0.506 e. The number of fused-ring (bicyclic) bond motifs is 2. The van der Waals surface area contributed by atoms with Crippen LogP contribution in [0.25, 0.3) is 0 Å². The smallest absolute Gasteiger partial charge is 0.405 e. The maximum Gasteiger partial charge on any atom is 0.405 e. The minimum Gasteiger partial charge on any atom is -0.506 e. The Hall–Kier alpha value is -4.03. The van der Waals surface area contributed by atoms with Gasteiger partial charge in [-0.2, -0.15) is 0 Å². The summed E-state index contributed by atoms with van der Waals surface area (Å²) in [7, 11) is 2.81. The third-order valence-electron chi connectivity index (χ3n) is 6.89. The molecule has 2 amide bonds. The van der Waals surface area contributed by atoms with Gasteiger partial charge in [-0.15, -0.1) is 0 Å². The van der Waals surface area contributed by atoms with Gasteiger partial charge in [0.15, 0.2) is 11.9 Å². The van der Waals surface area contributed by atoms with E-state index in [0.717, 1.165) is 12.3 Å². The molecule has 0 saturated heterocycles. The van der Waals surface area contributed by atoms with E-state index in [1.165, 1.54) is 33.3 Å². The van der Waals surface area contributed by atoms with Crippen molar-refractivity contribution >= 4 is 35.4 Å². The molecule has 0 aliphatic carbocycles. The van der Waals surface area contributed by atoms with Gasteiger partial charge < -0.3 is 35.5 Å². The van der Waals surface area contributed by atoms with Crippen LogP contribution >= 0.6 is 0 Å². The number of nitrogens with two attached hydrogens (primary N) is 1. The normalized spacial score (nSPS) is 27.9. The number of primary amides is 1. The number of amides is 2. The SMILES string of the molecule is CO[C@H]1C[C@H](C)Cc2c(O)c(cc(O)c2N=CCF)NC(=O)/C(C)=C/C=C\[C@H](OC)[C@@H](OC(N)=O)/C(C)=C/[C@H](C)C1=O. The topological polar surface area (TPSA) is 170 Å². The number of hydrogen-bond acceptors (Lipinski definition) is 9. The highest BCUT2D eigenvalue weighted by atomic mass is 19.1. The first kappa shape index (κ1) is 34.2. The fourth-order valence-electron chi connectivity index (χ4n) is 4.70. The number of ketones is 1. The van der Waals surface area contributed by atoms with Crippen molar-refractivity contribution < 1.29 is 43.2 Å². The average molecular weight is 590 g/mol. The summed E-state index contributed by atoms with van der Waals surface area (Å²) in [5, 5.41) is 24.4. The molecule has 5 atom stereocenters. The number of allylic oxidation sites excluding steroid dienone is 3. The number of methoxy groups -OCH3 is 2. The number of benzene rings is 1. The van der Waals surface area contributed by atoms with Crippen molar-refractivity contribution in [2.24, 2.45) is 22.6 Å². The molecule has 11 nitrogen and oxygen atoms in total. The molecule has 0 aromatic heterocycles. The third kappa shape index (κ3) is 8.98. The lowest BCUT2D eigenvalue weighted by Crippen LogP contribution is -2.35. The molecule has 12 heteroatoms. The number of ether oxygens (including phenoxy) is 3. The summed E-state index contributed by atoms with van der Waals surface area (Å²) in [5.74, 6) is -2.51. The first-order chi connectivity index (χ1) is 19.8. The average Bonchev–Trinajstić information content (AvgIpc) is 2.94. The second-order valence-electron chi connectivity index (χ2n) is 10.2. The molecular formula is C30H40FN3O8. The number of hydrogen-bond donors (Lipinski definition) is 4. The van der Waals surface area contributed by atoms with E-state index in [0.29, 0.717) is 5.57 Å². The van der Waals surface area contributed by atoms with Gasteiger partial charge in [0, 0.05) is 43.6 Å². The lowest BCUT2D eigenvalue weighted by Gasteiger charge is -2.25. The number of Topliss-reactive ketones (excluding diaryl/α,β-unsaturated/α-hetero) is 1. The van der Waals surface area contributed by atoms with Crippen LogP contribution < -0.4 is 11.1 Å². The number of nitrogens with one attached hydrogen (secondary N) is 1. The molecule has 42 heavy (non-hydrogen) atoms. The fraction of sp³-hybridized carbons (Fsp3) is 0.467. The zero-order valence-corrected chi connectivity index (χ0v) is 24.7. The molecule has 1 aliphatic rings. The van der Waals surface area contributed by atoms with Gasteiger partial charge in [0.1, 0.15) is 36.1 Å². The van der Waals surface area contributed by atoms with Crippen LogP contribution in [0.1, 0.15) is 39.7 Å². The maximum atomic E-state index is 13.4. The van der Waals surface area contributed by atoms with Gasteiger partial charge in [-0.05, 0) is 38.2 Å². The minimum atomic E-state index is -1.03. The predicted molar refractivity (Wildman–Crippen MR) is 157 cm³/mol. The molecular weight excluding hydrogens is 549 g/mol. The van der Waals surface area contributed by atoms with Crippen molar-refractivity contribution in [1.29, 1.82) is 0 Å². The number of aliphatic imine (C=N–C) groups is 1. The molecule has 5 N–H and O–H groups in total. The van der Waals surface area contributed by atoms with Crippen LogP contribution in [-0.4, -0.2) is 73.4 Å². The molecule has 0 fully saturated rings. The van der Waals surface area contributed by atoms with Crippen LogP contribution in [0.3, 0.4) is 0 Å². The monoisotopic (exact) mass is 589 g/mol. The number of aromatic hydroxyl groups is 2. The minimum absolute atomic E-state index is 0.0468. The summed E-state index contributed by atoms with van der Waals surface area (Å²) < 4.78 is 29.3. The number of alkyl halides is 1. The quantitative estimate of drug-likeness (QED) is 0.169. The van der Waals surface area contributed by atoms with Crippen LogP contribution in [0.2, 0.25) is 0 Å². The molecule has 1 aliphatic heterocycles. The Labute approximate surface area is 244 Å². The number of phenols is 2. The Balaban J connectivity index is 2.69. The Morgan fingerprint density at radius 1 is 1.21 bits per heavy atom. The van der Waals surface area contributed by atoms with Crippen LogP contribution in [-0.2, 0) is 30.2 Å². The molecule has 0 unspecified atom stereocenters. The predicted octanol–water partition coefficient (Wildman–Crippen LogP) is 4.44. The number of nitrogens with zero attached hydrogens (tertiary/aromatic N) is 1. The first-order valence-electron chi connectivity index (χ1n) is 13.4. The zero-order valence-electron chi connectivity index (χ0n) is 24.7. The molecule has 0 spiro atoms. The van der Waals surface area contributed by atoms with Crippen LogP contribution in [0.5, 0.6) is 11.5 Å². The van der Waals surface area contributed by atoms with Gasteiger partial charge in [-0.3, -0.25) is 14.6 Å². The Bertz CT molecular complexity index is 1270. The summed E-state index contributed by atoms with van der Waals surface area (Å²) >= 11 is 0. The maximum absolute atomic E-state index is 13.4. The molecule has 2 bridgehead atoms. The summed E-state index contributed by atoms with van der Waals surface area (Å²) in [4.78, 5) is 42.0. The van der Waals surface area contributed by atoms with E-state index in [9.17, 15) is 29.0 Å². The lowest BCUT2D eigenvalue weighted by atomic mass is 9.88. The lowest BCUT2D eigenvalue weighted by molar-refractivity contribution is -0.132. The Kier molecular flexibility index (Phi) is 12.9. The van der Waals surface area contributed by atoms with E-state index in [2.05, 4.69) is 10.3 Å². The number of halogens is 1. The van der Waals surface area contributed by atoms with E-state index in [1.54, 1.807) is 26.0 Å². The van der Waals surface area contributed by atoms with Gasteiger partial charge in [-0.1, -0.05) is 38.2 Å². The van der Waals surface area contributed by atoms with Crippen LogP contribution in [0, 0.1) is 11.8 Å². The number of carbonyl (C=O) groups excluding carboxylic acids is 3. The summed E-state index contributed by atoms with van der Waals surface area (Å²) in [6.45, 7) is 5.82. The Morgan fingerprint density at radius 3 is 2.50 bits per heavy atom. The number of carbonyl (C=O) groups is 3. The van der Waals surface area contributed by atoms with E-state index in [4.69, 9.17) is 19.9 Å². The zero-order chi connectivity index (χ0) is 31.6. The molecule has 2 rings (SSSR count). The van der Waals surface area contributed by atoms with Crippen molar-refractivity contribution in [3.8, 4) is 11.5 Å². The van der Waals surface area contributed by atoms with E-state index < -0.39 is 42.9 Å². The van der Waals surface area contributed by atoms with E-state index >= 15 is 0 Å². The summed E-state index contributed by atoms with van der Waals surface area (Å²) in [6, 6.07) is 1.13. The second-order valence-corrected chi connectivity index (χ2v) is 10.2. The number of phenolic OH excluding ortho intramolecular Hbond substituents is 2. The highest BCUT2D eigenvalue weighted by Gasteiger charge is 2.29. The molecule has 1 aromatic rings. The Morgan fingerprint density at radius 2 is 1.90 bits per heavy atom. The van der Waals surface area contributed by atoms with Gasteiger partial charge >= 0.3 is 6.09 Å². The van der Waals surface area contributed by atoms with E-state index in [1.807, 2.05) is 6.92 Å². The molecule has 0 radical (unpaired) electrons. The van der Waals surface area contributed by atoms with Crippen molar-refractivity contribution in [3.63, 3.8) is 0 Å². The second kappa shape index (κ2) is 15.8. The molecule has 230 valence electrons. The molecule has 0 saturated carbocycles. The summed E-state index contributed by atoms with van der Waals surface area (Å²) in [5.41, 5.74) is 6.10. The standard InChI is InChI=1S/C30H40FN3O8/c1-16-12-20-25(33-11-10-31)22(35)15-21(27(20)37)34-29(38)17(2)8-7-9-23(40-5)28(42-30(32)39)19(4)14-18(3)26(36)24(13-16)41-6/h7-9,11,14-16,18,23-24,28,35,37H,10,12-13H2,1-6H3,(H2,32,39)(H,34,38)/b9-7-,17-8+,19-14+,33-11?/t16-,18+,23+,24+,28+/m1/s1. The van der Waals surface area contributed by atoms with Gasteiger partial charge in [0.05, 0.1) is 5.69 Å². The number of rotatable bonds is 5.